The molecule has 7 heteroatoms. The SMILES string of the molecule is Cc1cc(-c2cc(-c3nc([C@@H]4CCCN4C#N)no3)ccn2)ccn1. The number of hydrogen-bond acceptors (Lipinski definition) is 7. The van der Waals surface area contributed by atoms with E-state index in [4.69, 9.17) is 4.52 Å². The second-order valence-corrected chi connectivity index (χ2v) is 6.02. The van der Waals surface area contributed by atoms with Gasteiger partial charge >= 0.3 is 0 Å². The molecule has 0 unspecified atom stereocenters. The van der Waals surface area contributed by atoms with Crippen molar-refractivity contribution in [1.82, 2.24) is 25.0 Å². The number of hydrogen-bond donors (Lipinski definition) is 0. The van der Waals surface area contributed by atoms with Crippen molar-refractivity contribution in [2.75, 3.05) is 6.54 Å². The van der Waals surface area contributed by atoms with Crippen molar-refractivity contribution in [3.8, 4) is 28.9 Å². The van der Waals surface area contributed by atoms with Crippen molar-refractivity contribution in [3.05, 3.63) is 48.2 Å². The molecule has 1 aliphatic heterocycles. The van der Waals surface area contributed by atoms with E-state index in [0.29, 0.717) is 11.7 Å². The molecule has 0 radical (unpaired) electrons. The zero-order valence-corrected chi connectivity index (χ0v) is 13.8. The van der Waals surface area contributed by atoms with Crippen LogP contribution < -0.4 is 0 Å². The molecule has 1 fully saturated rings. The third kappa shape index (κ3) is 2.94. The first kappa shape index (κ1) is 15.3. The summed E-state index contributed by atoms with van der Waals surface area (Å²) in [6.45, 7) is 2.69. The maximum Gasteiger partial charge on any atom is 0.258 e. The highest BCUT2D eigenvalue weighted by Gasteiger charge is 2.29. The summed E-state index contributed by atoms with van der Waals surface area (Å²) in [5, 5.41) is 13.3. The summed E-state index contributed by atoms with van der Waals surface area (Å²) < 4.78 is 5.43. The molecular formula is C18H16N6O. The molecule has 0 aromatic carbocycles. The van der Waals surface area contributed by atoms with Crippen LogP contribution in [0.5, 0.6) is 0 Å². The normalized spacial score (nSPS) is 16.8. The highest BCUT2D eigenvalue weighted by atomic mass is 16.5. The number of nitrogens with zero attached hydrogens (tertiary/aromatic N) is 6. The van der Waals surface area contributed by atoms with E-state index >= 15 is 0 Å². The van der Waals surface area contributed by atoms with E-state index in [0.717, 1.165) is 41.9 Å². The van der Waals surface area contributed by atoms with Crippen LogP contribution in [0.4, 0.5) is 0 Å². The minimum atomic E-state index is -0.0911. The van der Waals surface area contributed by atoms with Gasteiger partial charge in [0.1, 0.15) is 6.04 Å². The predicted molar refractivity (Wildman–Crippen MR) is 89.8 cm³/mol. The Bertz CT molecular complexity index is 944. The fourth-order valence-electron chi connectivity index (χ4n) is 3.07. The number of nitriles is 1. The van der Waals surface area contributed by atoms with Crippen molar-refractivity contribution in [1.29, 1.82) is 5.26 Å². The molecule has 1 aliphatic rings. The molecule has 0 amide bonds. The molecule has 3 aromatic heterocycles. The Hall–Kier alpha value is -3.27. The molecule has 4 heterocycles. The monoisotopic (exact) mass is 332 g/mol. The summed E-state index contributed by atoms with van der Waals surface area (Å²) in [5.41, 5.74) is 3.55. The molecule has 0 N–H and O–H groups in total. The zero-order valence-electron chi connectivity index (χ0n) is 13.8. The van der Waals surface area contributed by atoms with Crippen LogP contribution in [-0.4, -0.2) is 31.6 Å². The summed E-state index contributed by atoms with van der Waals surface area (Å²) in [4.78, 5) is 14.8. The topological polar surface area (TPSA) is 91.7 Å². The molecule has 0 spiro atoms. The van der Waals surface area contributed by atoms with E-state index in [1.807, 2.05) is 31.2 Å². The van der Waals surface area contributed by atoms with Gasteiger partial charge in [-0.15, -0.1) is 0 Å². The van der Waals surface area contributed by atoms with Crippen molar-refractivity contribution in [3.63, 3.8) is 0 Å². The van der Waals surface area contributed by atoms with Gasteiger partial charge < -0.3 is 4.52 Å². The first-order valence-electron chi connectivity index (χ1n) is 8.14. The lowest BCUT2D eigenvalue weighted by Crippen LogP contribution is -2.17. The van der Waals surface area contributed by atoms with Gasteiger partial charge in [0.2, 0.25) is 0 Å². The van der Waals surface area contributed by atoms with Crippen LogP contribution in [-0.2, 0) is 0 Å². The second kappa shape index (κ2) is 6.32. The van der Waals surface area contributed by atoms with Crippen LogP contribution in [0.15, 0.2) is 41.2 Å². The Balaban J connectivity index is 1.65. The Morgan fingerprint density at radius 3 is 2.88 bits per heavy atom. The van der Waals surface area contributed by atoms with Crippen LogP contribution in [0.3, 0.4) is 0 Å². The number of likely N-dealkylation sites (tertiary alicyclic amines) is 1. The molecule has 3 aromatic rings. The predicted octanol–water partition coefficient (Wildman–Crippen LogP) is 3.12. The van der Waals surface area contributed by atoms with Crippen LogP contribution in [0.1, 0.15) is 30.4 Å². The number of aromatic nitrogens is 4. The van der Waals surface area contributed by atoms with Crippen LogP contribution in [0.25, 0.3) is 22.7 Å². The van der Waals surface area contributed by atoms with Crippen molar-refractivity contribution in [2.24, 2.45) is 0 Å². The van der Waals surface area contributed by atoms with Gasteiger partial charge in [-0.1, -0.05) is 5.16 Å². The summed E-state index contributed by atoms with van der Waals surface area (Å²) in [6.07, 6.45) is 7.51. The molecule has 0 saturated carbocycles. The van der Waals surface area contributed by atoms with Crippen LogP contribution in [0, 0.1) is 18.4 Å². The van der Waals surface area contributed by atoms with E-state index < -0.39 is 0 Å². The van der Waals surface area contributed by atoms with E-state index in [-0.39, 0.29) is 6.04 Å². The van der Waals surface area contributed by atoms with E-state index in [1.54, 1.807) is 17.3 Å². The molecule has 0 bridgehead atoms. The molecular weight excluding hydrogens is 316 g/mol. The maximum atomic E-state index is 9.18. The third-order valence-corrected chi connectivity index (χ3v) is 4.32. The van der Waals surface area contributed by atoms with Crippen molar-refractivity contribution in [2.45, 2.75) is 25.8 Å². The van der Waals surface area contributed by atoms with Gasteiger partial charge in [-0.2, -0.15) is 10.2 Å². The first-order chi connectivity index (χ1) is 12.2. The second-order valence-electron chi connectivity index (χ2n) is 6.02. The van der Waals surface area contributed by atoms with Gasteiger partial charge in [0, 0.05) is 35.8 Å². The molecule has 25 heavy (non-hydrogen) atoms. The molecule has 1 atom stereocenters. The summed E-state index contributed by atoms with van der Waals surface area (Å²) >= 11 is 0. The summed E-state index contributed by atoms with van der Waals surface area (Å²) in [7, 11) is 0. The summed E-state index contributed by atoms with van der Waals surface area (Å²) in [5.74, 6) is 1.00. The Morgan fingerprint density at radius 2 is 2.04 bits per heavy atom. The number of pyridine rings is 2. The highest BCUT2D eigenvalue weighted by Crippen LogP contribution is 2.31. The molecule has 1 saturated heterocycles. The lowest BCUT2D eigenvalue weighted by molar-refractivity contribution is 0.339. The fourth-order valence-corrected chi connectivity index (χ4v) is 3.07. The highest BCUT2D eigenvalue weighted by molar-refractivity contribution is 5.65. The molecule has 0 aliphatic carbocycles. The fraction of sp³-hybridized carbons (Fsp3) is 0.278. The van der Waals surface area contributed by atoms with Crippen molar-refractivity contribution < 1.29 is 4.52 Å². The maximum absolute atomic E-state index is 9.18. The van der Waals surface area contributed by atoms with E-state index in [9.17, 15) is 5.26 Å². The molecule has 7 nitrogen and oxygen atoms in total. The largest absolute Gasteiger partial charge is 0.334 e. The summed E-state index contributed by atoms with van der Waals surface area (Å²) in [6, 6.07) is 7.57. The molecule has 4 rings (SSSR count). The third-order valence-electron chi connectivity index (χ3n) is 4.32. The number of rotatable bonds is 3. The lowest BCUT2D eigenvalue weighted by Gasteiger charge is -2.13. The van der Waals surface area contributed by atoms with Crippen LogP contribution in [0.2, 0.25) is 0 Å². The minimum Gasteiger partial charge on any atom is -0.334 e. The van der Waals surface area contributed by atoms with Gasteiger partial charge in [-0.25, -0.2) is 0 Å². The first-order valence-corrected chi connectivity index (χ1v) is 8.14. The van der Waals surface area contributed by atoms with Crippen molar-refractivity contribution >= 4 is 0 Å². The standard InChI is InChI=1S/C18H16N6O/c1-12-9-13(4-6-20-12)15-10-14(5-7-21-15)18-22-17(23-25-18)16-3-2-8-24(16)11-19/h4-7,9-10,16H,2-3,8H2,1H3/t16-/m0/s1. The molecule has 124 valence electrons. The van der Waals surface area contributed by atoms with E-state index in [1.165, 1.54) is 0 Å². The zero-order chi connectivity index (χ0) is 17.2. The Kier molecular flexibility index (Phi) is 3.86. The van der Waals surface area contributed by atoms with Gasteiger partial charge in [0.05, 0.1) is 5.69 Å². The number of aryl methyl sites for hydroxylation is 1. The Labute approximate surface area is 145 Å². The average molecular weight is 332 g/mol. The Morgan fingerprint density at radius 1 is 1.20 bits per heavy atom. The van der Waals surface area contributed by atoms with Gasteiger partial charge in [-0.3, -0.25) is 14.9 Å². The van der Waals surface area contributed by atoms with Gasteiger partial charge in [0.25, 0.3) is 5.89 Å². The minimum absolute atomic E-state index is 0.0911. The van der Waals surface area contributed by atoms with Crippen LogP contribution >= 0.6 is 0 Å². The van der Waals surface area contributed by atoms with Gasteiger partial charge in [0.15, 0.2) is 12.0 Å². The average Bonchev–Trinajstić information content (AvgIpc) is 3.30. The van der Waals surface area contributed by atoms with E-state index in [2.05, 4.69) is 26.3 Å². The quantitative estimate of drug-likeness (QED) is 0.680. The van der Waals surface area contributed by atoms with Gasteiger partial charge in [-0.05, 0) is 44.0 Å². The lowest BCUT2D eigenvalue weighted by atomic mass is 10.1. The smallest absolute Gasteiger partial charge is 0.258 e.